The number of aromatic nitrogens is 2. The van der Waals surface area contributed by atoms with Gasteiger partial charge in [0.1, 0.15) is 0 Å². The molecule has 1 aliphatic rings. The van der Waals surface area contributed by atoms with Crippen molar-refractivity contribution in [3.63, 3.8) is 0 Å². The van der Waals surface area contributed by atoms with Gasteiger partial charge in [-0.05, 0) is 18.1 Å². The minimum Gasteiger partial charge on any atom is -0.352 e. The predicted molar refractivity (Wildman–Crippen MR) is 84.9 cm³/mol. The summed E-state index contributed by atoms with van der Waals surface area (Å²) in [7, 11) is 1.40. The zero-order valence-electron chi connectivity index (χ0n) is 12.2. The van der Waals surface area contributed by atoms with Crippen LogP contribution in [0.1, 0.15) is 31.9 Å². The first-order valence-corrected chi connectivity index (χ1v) is 7.70. The summed E-state index contributed by atoms with van der Waals surface area (Å²) in [4.78, 5) is 18.7. The van der Waals surface area contributed by atoms with E-state index in [-0.39, 0.29) is 0 Å². The van der Waals surface area contributed by atoms with E-state index in [4.69, 9.17) is 9.42 Å². The highest BCUT2D eigenvalue weighted by atomic mass is 31.1. The lowest BCUT2D eigenvalue weighted by molar-refractivity contribution is 0.333. The molecule has 1 heterocycles. The molecule has 1 fully saturated rings. The monoisotopic (exact) mass is 297 g/mol. The van der Waals surface area contributed by atoms with Crippen LogP contribution in [0.15, 0.2) is 18.8 Å². The van der Waals surface area contributed by atoms with Crippen LogP contribution in [0.2, 0.25) is 0 Å². The largest absolute Gasteiger partial charge is 0.352 e. The maximum absolute atomic E-state index is 8.47. The average molecular weight is 297 g/mol. The Morgan fingerprint density at radius 3 is 2.80 bits per heavy atom. The lowest BCUT2D eigenvalue weighted by Crippen LogP contribution is -2.23. The zero-order chi connectivity index (χ0) is 14.8. The summed E-state index contributed by atoms with van der Waals surface area (Å²) in [6, 6.07) is 1.79. The van der Waals surface area contributed by atoms with Crippen molar-refractivity contribution in [1.29, 1.82) is 0 Å². The number of hydrogen-bond acceptors (Lipinski definition) is 5. The SMILES string of the molecule is C=Cc1ccnc(N(C)CCOPO)n1.CC1CCC1. The Labute approximate surface area is 123 Å². The molecular weight excluding hydrogens is 273 g/mol. The lowest BCUT2D eigenvalue weighted by atomic mass is 9.88. The van der Waals surface area contributed by atoms with Gasteiger partial charge in [0.15, 0.2) is 9.03 Å². The number of likely N-dealkylation sites (N-methyl/N-ethyl adjacent to an activating group) is 1. The average Bonchev–Trinajstić information content (AvgIpc) is 2.46. The quantitative estimate of drug-likeness (QED) is 0.646. The summed E-state index contributed by atoms with van der Waals surface area (Å²) >= 11 is 0. The van der Waals surface area contributed by atoms with Crippen molar-refractivity contribution < 1.29 is 9.42 Å². The van der Waals surface area contributed by atoms with Crippen LogP contribution >= 0.6 is 9.03 Å². The van der Waals surface area contributed by atoms with Gasteiger partial charge in [0.05, 0.1) is 12.3 Å². The first-order chi connectivity index (χ1) is 9.67. The maximum atomic E-state index is 8.47. The molecule has 0 spiro atoms. The molecule has 2 rings (SSSR count). The van der Waals surface area contributed by atoms with Crippen LogP contribution in [0.4, 0.5) is 5.95 Å². The molecular formula is C14H24N3O2P. The Morgan fingerprint density at radius 1 is 1.60 bits per heavy atom. The molecule has 5 nitrogen and oxygen atoms in total. The van der Waals surface area contributed by atoms with Gasteiger partial charge in [-0.2, -0.15) is 0 Å². The molecule has 0 aromatic carbocycles. The molecule has 1 aromatic rings. The maximum Gasteiger partial charge on any atom is 0.225 e. The Bertz CT molecular complexity index is 400. The Hall–Kier alpha value is -1.03. The van der Waals surface area contributed by atoms with Crippen molar-refractivity contribution in [2.45, 2.75) is 26.2 Å². The van der Waals surface area contributed by atoms with Gasteiger partial charge >= 0.3 is 0 Å². The third-order valence-electron chi connectivity index (χ3n) is 3.20. The van der Waals surface area contributed by atoms with Crippen LogP contribution in [-0.2, 0) is 4.52 Å². The summed E-state index contributed by atoms with van der Waals surface area (Å²) in [5.74, 6) is 1.69. The third kappa shape index (κ3) is 6.42. The normalized spacial score (nSPS) is 14.6. The van der Waals surface area contributed by atoms with Crippen LogP contribution in [0, 0.1) is 5.92 Å². The van der Waals surface area contributed by atoms with Crippen molar-refractivity contribution in [1.82, 2.24) is 9.97 Å². The summed E-state index contributed by atoms with van der Waals surface area (Å²) in [5.41, 5.74) is 0.789. The van der Waals surface area contributed by atoms with Crippen LogP contribution in [-0.4, -0.2) is 35.1 Å². The van der Waals surface area contributed by atoms with Gasteiger partial charge in [-0.1, -0.05) is 32.8 Å². The standard InChI is InChI=1S/C9H14N3O2P.C5H10/c1-3-8-4-5-10-9(11-8)12(2)6-7-14-15-13;1-5-3-2-4-5/h3-5,13,15H,1,6-7H2,2H3;5H,2-4H2,1H3. The van der Waals surface area contributed by atoms with Crippen molar-refractivity contribution >= 4 is 21.1 Å². The fourth-order valence-electron chi connectivity index (χ4n) is 1.60. The van der Waals surface area contributed by atoms with Crippen molar-refractivity contribution in [3.05, 3.63) is 24.5 Å². The van der Waals surface area contributed by atoms with Gasteiger partial charge in [-0.15, -0.1) is 0 Å². The van der Waals surface area contributed by atoms with E-state index in [1.54, 1.807) is 18.3 Å². The third-order valence-corrected chi connectivity index (χ3v) is 3.54. The van der Waals surface area contributed by atoms with Gasteiger partial charge in [0.25, 0.3) is 0 Å². The summed E-state index contributed by atoms with van der Waals surface area (Å²) in [5, 5.41) is 0. The first-order valence-electron chi connectivity index (χ1n) is 6.85. The molecule has 0 radical (unpaired) electrons. The summed E-state index contributed by atoms with van der Waals surface area (Å²) in [6.07, 6.45) is 7.82. The molecule has 0 bridgehead atoms. The van der Waals surface area contributed by atoms with Gasteiger partial charge < -0.3 is 14.3 Å². The Balaban J connectivity index is 0.000000333. The topological polar surface area (TPSA) is 58.5 Å². The zero-order valence-corrected chi connectivity index (χ0v) is 13.2. The molecule has 0 amide bonds. The predicted octanol–water partition coefficient (Wildman–Crippen LogP) is 2.88. The van der Waals surface area contributed by atoms with Crippen LogP contribution in [0.5, 0.6) is 0 Å². The van der Waals surface area contributed by atoms with Gasteiger partial charge in [0.2, 0.25) is 5.95 Å². The van der Waals surface area contributed by atoms with E-state index >= 15 is 0 Å². The summed E-state index contributed by atoms with van der Waals surface area (Å²) in [6.45, 7) is 7.03. The molecule has 0 saturated heterocycles. The molecule has 1 unspecified atom stereocenters. The van der Waals surface area contributed by atoms with Crippen molar-refractivity contribution in [3.8, 4) is 0 Å². The van der Waals surface area contributed by atoms with Crippen LogP contribution < -0.4 is 4.90 Å². The van der Waals surface area contributed by atoms with E-state index in [0.29, 0.717) is 19.1 Å². The Kier molecular flexibility index (Phi) is 8.35. The number of hydrogen-bond donors (Lipinski definition) is 1. The molecule has 1 N–H and O–H groups in total. The molecule has 1 saturated carbocycles. The minimum atomic E-state index is -0.471. The first kappa shape index (κ1) is 17.0. The fraction of sp³-hybridized carbons (Fsp3) is 0.571. The van der Waals surface area contributed by atoms with Gasteiger partial charge in [0, 0.05) is 19.8 Å². The number of rotatable bonds is 6. The molecule has 1 atom stereocenters. The van der Waals surface area contributed by atoms with E-state index < -0.39 is 9.03 Å². The lowest BCUT2D eigenvalue weighted by Gasteiger charge is -2.18. The summed E-state index contributed by atoms with van der Waals surface area (Å²) < 4.78 is 4.85. The highest BCUT2D eigenvalue weighted by molar-refractivity contribution is 7.24. The highest BCUT2D eigenvalue weighted by Gasteiger charge is 2.09. The number of anilines is 1. The molecule has 6 heteroatoms. The van der Waals surface area contributed by atoms with Crippen molar-refractivity contribution in [2.24, 2.45) is 5.92 Å². The highest BCUT2D eigenvalue weighted by Crippen LogP contribution is 2.24. The smallest absolute Gasteiger partial charge is 0.225 e. The fourth-order valence-corrected chi connectivity index (χ4v) is 1.78. The van der Waals surface area contributed by atoms with E-state index in [9.17, 15) is 0 Å². The Morgan fingerprint density at radius 2 is 2.30 bits per heavy atom. The van der Waals surface area contributed by atoms with Gasteiger partial charge in [-0.25, -0.2) is 9.97 Å². The number of nitrogens with zero attached hydrogens (tertiary/aromatic N) is 3. The molecule has 1 aromatic heterocycles. The van der Waals surface area contributed by atoms with Crippen molar-refractivity contribution in [2.75, 3.05) is 25.1 Å². The second-order valence-electron chi connectivity index (χ2n) is 4.88. The molecule has 1 aliphatic carbocycles. The van der Waals surface area contributed by atoms with E-state index in [0.717, 1.165) is 11.6 Å². The minimum absolute atomic E-state index is 0.452. The molecule has 20 heavy (non-hydrogen) atoms. The molecule has 0 aliphatic heterocycles. The second kappa shape index (κ2) is 9.81. The van der Waals surface area contributed by atoms with E-state index in [1.807, 2.05) is 11.9 Å². The second-order valence-corrected chi connectivity index (χ2v) is 5.35. The van der Waals surface area contributed by atoms with Gasteiger partial charge in [-0.3, -0.25) is 0 Å². The molecule has 112 valence electrons. The van der Waals surface area contributed by atoms with E-state index in [2.05, 4.69) is 23.5 Å². The van der Waals surface area contributed by atoms with Crippen LogP contribution in [0.3, 0.4) is 0 Å². The van der Waals surface area contributed by atoms with E-state index in [1.165, 1.54) is 19.3 Å². The van der Waals surface area contributed by atoms with Crippen LogP contribution in [0.25, 0.3) is 6.08 Å².